The van der Waals surface area contributed by atoms with Gasteiger partial charge in [-0.2, -0.15) is 0 Å². The zero-order valence-corrected chi connectivity index (χ0v) is 11.3. The van der Waals surface area contributed by atoms with Crippen LogP contribution in [0.15, 0.2) is 30.6 Å². The Morgan fingerprint density at radius 2 is 2.20 bits per heavy atom. The van der Waals surface area contributed by atoms with Crippen LogP contribution < -0.4 is 15.8 Å². The van der Waals surface area contributed by atoms with E-state index in [1.165, 1.54) is 17.7 Å². The molecule has 2 aromatic rings. The lowest BCUT2D eigenvalue weighted by Gasteiger charge is -2.10. The van der Waals surface area contributed by atoms with Crippen LogP contribution >= 0.6 is 0 Å². The Hall–Kier alpha value is -2.30. The molecular weight excluding hydrogens is 252 g/mol. The Labute approximate surface area is 118 Å². The van der Waals surface area contributed by atoms with E-state index in [-0.39, 0.29) is 0 Å². The van der Waals surface area contributed by atoms with Crippen LogP contribution in [0.5, 0.6) is 5.75 Å². The van der Waals surface area contributed by atoms with E-state index in [0.29, 0.717) is 18.8 Å². The van der Waals surface area contributed by atoms with Crippen LogP contribution in [0.2, 0.25) is 0 Å². The van der Waals surface area contributed by atoms with Gasteiger partial charge < -0.3 is 15.8 Å². The Bertz CT molecular complexity index is 600. The van der Waals surface area contributed by atoms with Crippen molar-refractivity contribution in [1.82, 2.24) is 9.97 Å². The second-order valence-corrected chi connectivity index (χ2v) is 4.85. The number of aryl methyl sites for hydroxylation is 1. The van der Waals surface area contributed by atoms with Gasteiger partial charge in [-0.15, -0.1) is 0 Å². The molecule has 3 rings (SSSR count). The van der Waals surface area contributed by atoms with E-state index in [2.05, 4.69) is 15.3 Å². The predicted octanol–water partition coefficient (Wildman–Crippen LogP) is 2.04. The number of nitrogens with zero attached hydrogens (tertiary/aromatic N) is 2. The summed E-state index contributed by atoms with van der Waals surface area (Å²) < 4.78 is 5.64. The molecule has 0 bridgehead atoms. The number of nitrogens with one attached hydrogen (secondary N) is 1. The lowest BCUT2D eigenvalue weighted by Crippen LogP contribution is -2.14. The highest BCUT2D eigenvalue weighted by molar-refractivity contribution is 5.48. The summed E-state index contributed by atoms with van der Waals surface area (Å²) in [5, 5.41) is 3.32. The largest absolute Gasteiger partial charge is 0.492 e. The number of hydrogen-bond donors (Lipinski definition) is 2. The quantitative estimate of drug-likeness (QED) is 0.642. The van der Waals surface area contributed by atoms with E-state index in [0.717, 1.165) is 24.4 Å². The molecule has 1 aromatic carbocycles. The molecule has 0 amide bonds. The van der Waals surface area contributed by atoms with Gasteiger partial charge in [0.05, 0.1) is 6.54 Å². The van der Waals surface area contributed by atoms with Crippen LogP contribution in [0.4, 0.5) is 11.5 Å². The molecule has 1 heterocycles. The monoisotopic (exact) mass is 270 g/mol. The number of benzene rings is 1. The molecule has 0 aliphatic heterocycles. The van der Waals surface area contributed by atoms with Crippen molar-refractivity contribution < 1.29 is 4.74 Å². The van der Waals surface area contributed by atoms with E-state index in [9.17, 15) is 0 Å². The molecule has 104 valence electrons. The molecule has 0 saturated carbocycles. The second kappa shape index (κ2) is 5.77. The summed E-state index contributed by atoms with van der Waals surface area (Å²) >= 11 is 0. The first-order valence-electron chi connectivity index (χ1n) is 6.88. The van der Waals surface area contributed by atoms with Crippen LogP contribution in [-0.2, 0) is 12.8 Å². The van der Waals surface area contributed by atoms with Gasteiger partial charge in [-0.25, -0.2) is 9.97 Å². The van der Waals surface area contributed by atoms with Gasteiger partial charge in [0.1, 0.15) is 24.5 Å². The first-order chi connectivity index (χ1) is 9.83. The van der Waals surface area contributed by atoms with Crippen molar-refractivity contribution in [2.45, 2.75) is 19.3 Å². The number of hydrogen-bond acceptors (Lipinski definition) is 5. The average molecular weight is 270 g/mol. The van der Waals surface area contributed by atoms with Crippen molar-refractivity contribution in [3.8, 4) is 5.75 Å². The molecule has 0 fully saturated rings. The normalized spacial score (nSPS) is 13.0. The lowest BCUT2D eigenvalue weighted by molar-refractivity contribution is 0.333. The van der Waals surface area contributed by atoms with E-state index < -0.39 is 0 Å². The van der Waals surface area contributed by atoms with Gasteiger partial charge in [-0.05, 0) is 31.4 Å². The zero-order valence-electron chi connectivity index (χ0n) is 11.3. The Balaban J connectivity index is 1.52. The molecule has 0 spiro atoms. The fourth-order valence-electron chi connectivity index (χ4n) is 2.45. The fraction of sp³-hybridized carbons (Fsp3) is 0.333. The van der Waals surface area contributed by atoms with Gasteiger partial charge >= 0.3 is 0 Å². The number of rotatable bonds is 5. The third-order valence-corrected chi connectivity index (χ3v) is 3.40. The molecular formula is C15H18N4O. The fourth-order valence-corrected chi connectivity index (χ4v) is 2.45. The van der Waals surface area contributed by atoms with Gasteiger partial charge in [0.15, 0.2) is 0 Å². The summed E-state index contributed by atoms with van der Waals surface area (Å²) in [6.07, 6.45) is 4.93. The van der Waals surface area contributed by atoms with Crippen molar-refractivity contribution in [3.05, 3.63) is 41.9 Å². The lowest BCUT2D eigenvalue weighted by atomic mass is 10.2. The van der Waals surface area contributed by atoms with Gasteiger partial charge in [-0.3, -0.25) is 0 Å². The number of anilines is 2. The zero-order chi connectivity index (χ0) is 13.8. The van der Waals surface area contributed by atoms with Crippen molar-refractivity contribution in [1.29, 1.82) is 0 Å². The maximum absolute atomic E-state index is 5.70. The number of aromatic nitrogens is 2. The van der Waals surface area contributed by atoms with E-state index in [1.807, 2.05) is 24.3 Å². The van der Waals surface area contributed by atoms with Crippen LogP contribution in [0.25, 0.3) is 0 Å². The van der Waals surface area contributed by atoms with Gasteiger partial charge in [0.25, 0.3) is 0 Å². The highest BCUT2D eigenvalue weighted by Gasteiger charge is 2.16. The molecule has 1 aromatic heterocycles. The highest BCUT2D eigenvalue weighted by Crippen LogP contribution is 2.24. The second-order valence-electron chi connectivity index (χ2n) is 4.85. The third kappa shape index (κ3) is 2.82. The van der Waals surface area contributed by atoms with Crippen LogP contribution in [0.3, 0.4) is 0 Å². The minimum atomic E-state index is 0.572. The first kappa shape index (κ1) is 12.7. The van der Waals surface area contributed by atoms with Gasteiger partial charge in [0.2, 0.25) is 0 Å². The summed E-state index contributed by atoms with van der Waals surface area (Å²) in [6.45, 7) is 1.28. The summed E-state index contributed by atoms with van der Waals surface area (Å²) in [7, 11) is 0. The SMILES string of the molecule is Nc1cccc(OCCNc2ncnc3c2CCC3)c1. The molecule has 1 aliphatic carbocycles. The van der Waals surface area contributed by atoms with Gasteiger partial charge in [0, 0.05) is 23.0 Å². The number of nitrogen functional groups attached to an aromatic ring is 1. The molecule has 0 radical (unpaired) electrons. The maximum Gasteiger partial charge on any atom is 0.132 e. The summed E-state index contributed by atoms with van der Waals surface area (Å²) in [5.74, 6) is 1.74. The topological polar surface area (TPSA) is 73.1 Å². The predicted molar refractivity (Wildman–Crippen MR) is 78.9 cm³/mol. The standard InChI is InChI=1S/C15H18N4O/c16-11-3-1-4-12(9-11)20-8-7-17-15-13-5-2-6-14(13)18-10-19-15/h1,3-4,9-10H,2,5-8,16H2,(H,17,18,19). The van der Waals surface area contributed by atoms with Crippen molar-refractivity contribution in [2.75, 3.05) is 24.2 Å². The summed E-state index contributed by atoms with van der Waals surface area (Å²) in [5.41, 5.74) is 8.86. The molecule has 3 N–H and O–H groups in total. The van der Waals surface area contributed by atoms with Gasteiger partial charge in [-0.1, -0.05) is 6.07 Å². The van der Waals surface area contributed by atoms with E-state index in [1.54, 1.807) is 6.33 Å². The molecule has 0 saturated heterocycles. The summed E-state index contributed by atoms with van der Waals surface area (Å²) in [6, 6.07) is 7.45. The van der Waals surface area contributed by atoms with Crippen LogP contribution in [0, 0.1) is 0 Å². The molecule has 0 atom stereocenters. The van der Waals surface area contributed by atoms with E-state index >= 15 is 0 Å². The maximum atomic E-state index is 5.70. The molecule has 5 nitrogen and oxygen atoms in total. The Morgan fingerprint density at radius 3 is 3.10 bits per heavy atom. The first-order valence-corrected chi connectivity index (χ1v) is 6.88. The summed E-state index contributed by atoms with van der Waals surface area (Å²) in [4.78, 5) is 8.62. The van der Waals surface area contributed by atoms with Crippen LogP contribution in [0.1, 0.15) is 17.7 Å². The molecule has 0 unspecified atom stereocenters. The molecule has 1 aliphatic rings. The number of fused-ring (bicyclic) bond motifs is 1. The Morgan fingerprint density at radius 1 is 1.25 bits per heavy atom. The van der Waals surface area contributed by atoms with Crippen molar-refractivity contribution in [3.63, 3.8) is 0 Å². The minimum Gasteiger partial charge on any atom is -0.492 e. The third-order valence-electron chi connectivity index (χ3n) is 3.40. The molecule has 20 heavy (non-hydrogen) atoms. The molecule has 5 heteroatoms. The number of ether oxygens (including phenoxy) is 1. The van der Waals surface area contributed by atoms with Crippen LogP contribution in [-0.4, -0.2) is 23.1 Å². The number of nitrogens with two attached hydrogens (primary N) is 1. The minimum absolute atomic E-state index is 0.572. The van der Waals surface area contributed by atoms with Crippen molar-refractivity contribution in [2.24, 2.45) is 0 Å². The smallest absolute Gasteiger partial charge is 0.132 e. The van der Waals surface area contributed by atoms with E-state index in [4.69, 9.17) is 10.5 Å². The highest BCUT2D eigenvalue weighted by atomic mass is 16.5. The average Bonchev–Trinajstić information content (AvgIpc) is 2.93. The Kier molecular flexibility index (Phi) is 3.67. The van der Waals surface area contributed by atoms with Crippen molar-refractivity contribution >= 4 is 11.5 Å².